The number of nitrogens with zero attached hydrogens (tertiary/aromatic N) is 2. The van der Waals surface area contributed by atoms with E-state index in [-0.39, 0.29) is 12.0 Å². The molecular weight excluding hydrogens is 342 g/mol. The van der Waals surface area contributed by atoms with Crippen LogP contribution in [0.3, 0.4) is 0 Å². The molecule has 1 saturated heterocycles. The van der Waals surface area contributed by atoms with Gasteiger partial charge >= 0.3 is 18.3 Å². The Morgan fingerprint density at radius 2 is 1.79 bits per heavy atom. The number of alkyl halides is 6. The van der Waals surface area contributed by atoms with Gasteiger partial charge in [0.05, 0.1) is 5.56 Å². The lowest BCUT2D eigenvalue weighted by atomic mass is 9.98. The molecule has 1 saturated carbocycles. The van der Waals surface area contributed by atoms with Gasteiger partial charge in [-0.2, -0.15) is 26.3 Å². The summed E-state index contributed by atoms with van der Waals surface area (Å²) in [6, 6.07) is -1.13. The van der Waals surface area contributed by atoms with Gasteiger partial charge in [-0.1, -0.05) is 0 Å². The molecule has 0 spiro atoms. The van der Waals surface area contributed by atoms with Crippen molar-refractivity contribution in [3.63, 3.8) is 0 Å². The maximum atomic E-state index is 12.9. The summed E-state index contributed by atoms with van der Waals surface area (Å²) >= 11 is 0. The summed E-state index contributed by atoms with van der Waals surface area (Å²) in [6.45, 7) is 0. The zero-order valence-corrected chi connectivity index (χ0v) is 12.0. The van der Waals surface area contributed by atoms with Gasteiger partial charge in [-0.3, -0.25) is 0 Å². The molecule has 2 aliphatic rings. The summed E-state index contributed by atoms with van der Waals surface area (Å²) in [6.07, 6.45) is -8.52. The van der Waals surface area contributed by atoms with Crippen molar-refractivity contribution >= 4 is 11.8 Å². The largest absolute Gasteiger partial charge is 0.480 e. The Bertz CT molecular complexity index is 640. The second-order valence-electron chi connectivity index (χ2n) is 6.01. The molecule has 3 atom stereocenters. The molecule has 1 aromatic heterocycles. The SMILES string of the molecule is O=C(O)[C@@H]1[C@H]2CC[C@H](C2)N1c1cc(C(F)(F)F)cc(C(F)(F)F)n1. The van der Waals surface area contributed by atoms with Gasteiger partial charge in [-0.25, -0.2) is 9.78 Å². The van der Waals surface area contributed by atoms with E-state index in [4.69, 9.17) is 0 Å². The highest BCUT2D eigenvalue weighted by Crippen LogP contribution is 2.46. The molecule has 2 bridgehead atoms. The van der Waals surface area contributed by atoms with Crippen LogP contribution in [0, 0.1) is 5.92 Å². The Balaban J connectivity index is 2.11. The summed E-state index contributed by atoms with van der Waals surface area (Å²) in [5.41, 5.74) is -3.18. The van der Waals surface area contributed by atoms with Gasteiger partial charge in [-0.05, 0) is 37.3 Å². The van der Waals surface area contributed by atoms with Gasteiger partial charge in [0, 0.05) is 6.04 Å². The van der Waals surface area contributed by atoms with E-state index in [0.717, 1.165) is 4.90 Å². The third-order valence-corrected chi connectivity index (χ3v) is 4.53. The summed E-state index contributed by atoms with van der Waals surface area (Å²) in [4.78, 5) is 15.8. The average molecular weight is 354 g/mol. The van der Waals surface area contributed by atoms with Gasteiger partial charge in [0.25, 0.3) is 0 Å². The topological polar surface area (TPSA) is 53.4 Å². The zero-order valence-electron chi connectivity index (χ0n) is 12.0. The number of carboxylic acids is 1. The van der Waals surface area contributed by atoms with Crippen LogP contribution in [0.2, 0.25) is 0 Å². The van der Waals surface area contributed by atoms with Crippen LogP contribution >= 0.6 is 0 Å². The molecular formula is C14H12F6N2O2. The minimum Gasteiger partial charge on any atom is -0.480 e. The molecule has 3 rings (SSSR count). The van der Waals surface area contributed by atoms with E-state index >= 15 is 0 Å². The Morgan fingerprint density at radius 1 is 1.12 bits per heavy atom. The zero-order chi connectivity index (χ0) is 17.9. The molecule has 0 amide bonds. The van der Waals surface area contributed by atoms with Crippen molar-refractivity contribution in [2.24, 2.45) is 5.92 Å². The van der Waals surface area contributed by atoms with Gasteiger partial charge in [0.15, 0.2) is 0 Å². The number of piperidine rings is 1. The number of aliphatic carboxylic acids is 1. The van der Waals surface area contributed by atoms with E-state index in [1.165, 1.54) is 0 Å². The Hall–Kier alpha value is -2.00. The average Bonchev–Trinajstić information content (AvgIpc) is 3.05. The number of aromatic nitrogens is 1. The van der Waals surface area contributed by atoms with Crippen LogP contribution in [0.5, 0.6) is 0 Å². The van der Waals surface area contributed by atoms with Crippen LogP contribution < -0.4 is 4.90 Å². The first-order chi connectivity index (χ1) is 11.0. The molecule has 1 aromatic rings. The van der Waals surface area contributed by atoms with Crippen molar-refractivity contribution < 1.29 is 36.2 Å². The fourth-order valence-corrected chi connectivity index (χ4v) is 3.59. The molecule has 2 heterocycles. The van der Waals surface area contributed by atoms with Crippen LogP contribution in [0.25, 0.3) is 0 Å². The molecule has 0 unspecified atom stereocenters. The second-order valence-corrected chi connectivity index (χ2v) is 6.01. The molecule has 4 nitrogen and oxygen atoms in total. The predicted molar refractivity (Wildman–Crippen MR) is 69.3 cm³/mol. The van der Waals surface area contributed by atoms with Crippen molar-refractivity contribution in [2.45, 2.75) is 43.7 Å². The maximum Gasteiger partial charge on any atom is 0.433 e. The predicted octanol–water partition coefficient (Wildman–Crippen LogP) is 3.56. The fourth-order valence-electron chi connectivity index (χ4n) is 3.59. The van der Waals surface area contributed by atoms with Crippen molar-refractivity contribution in [2.75, 3.05) is 4.90 Å². The first kappa shape index (κ1) is 16.8. The number of anilines is 1. The van der Waals surface area contributed by atoms with Crippen LogP contribution in [-0.4, -0.2) is 28.1 Å². The minimum atomic E-state index is -5.06. The fraction of sp³-hybridized carbons (Fsp3) is 0.571. The van der Waals surface area contributed by atoms with Crippen LogP contribution in [0.15, 0.2) is 12.1 Å². The van der Waals surface area contributed by atoms with Gasteiger partial charge < -0.3 is 10.0 Å². The molecule has 1 N–H and O–H groups in total. The molecule has 10 heteroatoms. The Kier molecular flexibility index (Phi) is 3.68. The number of pyridine rings is 1. The normalized spacial score (nSPS) is 26.9. The summed E-state index contributed by atoms with van der Waals surface area (Å²) in [5, 5.41) is 9.31. The number of hydrogen-bond acceptors (Lipinski definition) is 3. The van der Waals surface area contributed by atoms with Crippen LogP contribution in [-0.2, 0) is 17.1 Å². The van der Waals surface area contributed by atoms with E-state index in [1.807, 2.05) is 0 Å². The lowest BCUT2D eigenvalue weighted by molar-refractivity contribution is -0.145. The minimum absolute atomic E-state index is 0.0619. The van der Waals surface area contributed by atoms with Crippen LogP contribution in [0.1, 0.15) is 30.5 Å². The van der Waals surface area contributed by atoms with E-state index in [2.05, 4.69) is 4.98 Å². The molecule has 2 fully saturated rings. The van der Waals surface area contributed by atoms with Gasteiger partial charge in [0.1, 0.15) is 17.6 Å². The van der Waals surface area contributed by atoms with E-state index in [9.17, 15) is 36.2 Å². The number of rotatable bonds is 2. The molecule has 24 heavy (non-hydrogen) atoms. The van der Waals surface area contributed by atoms with E-state index in [1.54, 1.807) is 0 Å². The highest BCUT2D eigenvalue weighted by molar-refractivity contribution is 5.80. The summed E-state index contributed by atoms with van der Waals surface area (Å²) in [5.74, 6) is -2.15. The molecule has 0 radical (unpaired) electrons. The van der Waals surface area contributed by atoms with E-state index in [0.29, 0.717) is 25.3 Å². The van der Waals surface area contributed by atoms with Crippen molar-refractivity contribution in [1.82, 2.24) is 4.98 Å². The second kappa shape index (κ2) is 5.25. The standard InChI is InChI=1S/C14H12F6N2O2/c15-13(16,17)7-4-9(14(18,19)20)21-10(5-7)22-8-2-1-6(3-8)11(22)12(23)24/h4-6,8,11H,1-3H2,(H,23,24)/t6-,8+,11-/m0/s1. The van der Waals surface area contributed by atoms with E-state index < -0.39 is 47.5 Å². The van der Waals surface area contributed by atoms with Crippen LogP contribution in [0.4, 0.5) is 32.2 Å². The van der Waals surface area contributed by atoms with Gasteiger partial charge in [0.2, 0.25) is 0 Å². The quantitative estimate of drug-likeness (QED) is 0.825. The number of carbonyl (C=O) groups is 1. The van der Waals surface area contributed by atoms with Crippen molar-refractivity contribution in [3.8, 4) is 0 Å². The number of halogens is 6. The van der Waals surface area contributed by atoms with Crippen molar-refractivity contribution in [1.29, 1.82) is 0 Å². The Morgan fingerprint density at radius 3 is 2.33 bits per heavy atom. The smallest absolute Gasteiger partial charge is 0.433 e. The number of hydrogen-bond donors (Lipinski definition) is 1. The molecule has 1 aliphatic heterocycles. The Labute approximate surface area is 132 Å². The third kappa shape index (κ3) is 2.78. The maximum absolute atomic E-state index is 12.9. The summed E-state index contributed by atoms with van der Waals surface area (Å²) < 4.78 is 77.5. The first-order valence-electron chi connectivity index (χ1n) is 7.16. The highest BCUT2D eigenvalue weighted by atomic mass is 19.4. The first-order valence-corrected chi connectivity index (χ1v) is 7.16. The molecule has 0 aromatic carbocycles. The lowest BCUT2D eigenvalue weighted by Gasteiger charge is -2.34. The number of carboxylic acid groups (broad SMARTS) is 1. The number of fused-ring (bicyclic) bond motifs is 2. The third-order valence-electron chi connectivity index (χ3n) is 4.53. The summed E-state index contributed by atoms with van der Waals surface area (Å²) in [7, 11) is 0. The van der Waals surface area contributed by atoms with Crippen molar-refractivity contribution in [3.05, 3.63) is 23.4 Å². The molecule has 132 valence electrons. The molecule has 1 aliphatic carbocycles. The van der Waals surface area contributed by atoms with Gasteiger partial charge in [-0.15, -0.1) is 0 Å². The monoisotopic (exact) mass is 354 g/mol. The lowest BCUT2D eigenvalue weighted by Crippen LogP contribution is -2.46. The highest BCUT2D eigenvalue weighted by Gasteiger charge is 2.51.